The molecule has 30 heavy (non-hydrogen) atoms. The van der Waals surface area contributed by atoms with Crippen molar-refractivity contribution >= 4 is 43.2 Å². The number of nitrogens with zero attached hydrogens (tertiary/aromatic N) is 1. The Bertz CT molecular complexity index is 1130. The Labute approximate surface area is 185 Å². The average molecular weight is 488 g/mol. The van der Waals surface area contributed by atoms with Crippen molar-refractivity contribution < 1.29 is 13.2 Å². The third-order valence-corrected chi connectivity index (χ3v) is 6.33. The second-order valence-electron chi connectivity index (χ2n) is 6.88. The van der Waals surface area contributed by atoms with Crippen LogP contribution in [0.5, 0.6) is 0 Å². The first-order valence-corrected chi connectivity index (χ1v) is 11.5. The Kier molecular flexibility index (Phi) is 6.79. The lowest BCUT2D eigenvalue weighted by atomic mass is 10.1. The van der Waals surface area contributed by atoms with Crippen LogP contribution in [0.4, 0.5) is 11.4 Å². The zero-order valence-electron chi connectivity index (χ0n) is 16.6. The molecule has 8 heteroatoms. The van der Waals surface area contributed by atoms with E-state index in [9.17, 15) is 13.2 Å². The molecule has 0 fully saturated rings. The number of halogens is 1. The van der Waals surface area contributed by atoms with E-state index >= 15 is 0 Å². The number of rotatable bonds is 7. The molecular formula is C22H22BrN3O3S. The smallest absolute Gasteiger partial charge is 0.261 e. The highest BCUT2D eigenvalue weighted by Gasteiger charge is 2.15. The zero-order valence-corrected chi connectivity index (χ0v) is 19.0. The van der Waals surface area contributed by atoms with Gasteiger partial charge >= 0.3 is 0 Å². The Morgan fingerprint density at radius 1 is 0.967 bits per heavy atom. The number of hydrogen-bond donors (Lipinski definition) is 2. The van der Waals surface area contributed by atoms with E-state index in [4.69, 9.17) is 0 Å². The van der Waals surface area contributed by atoms with E-state index in [1.807, 2.05) is 43.3 Å². The molecule has 1 amide bonds. The van der Waals surface area contributed by atoms with Crippen molar-refractivity contribution in [2.24, 2.45) is 0 Å². The van der Waals surface area contributed by atoms with Crippen molar-refractivity contribution in [1.82, 2.24) is 5.32 Å². The van der Waals surface area contributed by atoms with Crippen LogP contribution in [0.1, 0.15) is 15.9 Å². The molecule has 2 N–H and O–H groups in total. The summed E-state index contributed by atoms with van der Waals surface area (Å²) in [4.78, 5) is 14.7. The van der Waals surface area contributed by atoms with E-state index in [-0.39, 0.29) is 10.8 Å². The molecule has 0 aliphatic rings. The molecule has 0 atom stereocenters. The van der Waals surface area contributed by atoms with Crippen LogP contribution in [0.2, 0.25) is 0 Å². The summed E-state index contributed by atoms with van der Waals surface area (Å²) in [6.07, 6.45) is 0. The van der Waals surface area contributed by atoms with Crippen LogP contribution in [0.15, 0.2) is 82.2 Å². The van der Waals surface area contributed by atoms with E-state index in [0.29, 0.717) is 17.8 Å². The van der Waals surface area contributed by atoms with E-state index in [1.54, 1.807) is 30.3 Å². The van der Waals surface area contributed by atoms with Crippen LogP contribution in [0.25, 0.3) is 0 Å². The molecule has 0 aliphatic carbocycles. The summed E-state index contributed by atoms with van der Waals surface area (Å²) < 4.78 is 28.4. The van der Waals surface area contributed by atoms with Crippen LogP contribution < -0.4 is 14.9 Å². The Morgan fingerprint density at radius 2 is 1.63 bits per heavy atom. The molecule has 0 unspecified atom stereocenters. The fraction of sp³-hybridized carbons (Fsp3) is 0.136. The van der Waals surface area contributed by atoms with Gasteiger partial charge in [0.1, 0.15) is 0 Å². The van der Waals surface area contributed by atoms with Crippen LogP contribution in [-0.2, 0) is 16.6 Å². The molecule has 0 saturated heterocycles. The number of anilines is 2. The Balaban J connectivity index is 1.67. The van der Waals surface area contributed by atoms with Crippen molar-refractivity contribution in [3.63, 3.8) is 0 Å². The van der Waals surface area contributed by atoms with E-state index in [2.05, 4.69) is 26.0 Å². The van der Waals surface area contributed by atoms with Gasteiger partial charge in [-0.05, 0) is 60.2 Å². The minimum Gasteiger partial charge on any atom is -0.378 e. The largest absolute Gasteiger partial charge is 0.378 e. The van der Waals surface area contributed by atoms with Crippen LogP contribution in [-0.4, -0.2) is 28.4 Å². The van der Waals surface area contributed by atoms with Gasteiger partial charge in [-0.15, -0.1) is 0 Å². The molecule has 0 aromatic heterocycles. The minimum atomic E-state index is -3.75. The molecule has 6 nitrogen and oxygen atoms in total. The highest BCUT2D eigenvalue weighted by atomic mass is 79.9. The minimum absolute atomic E-state index is 0.140. The molecule has 3 rings (SSSR count). The van der Waals surface area contributed by atoms with Crippen molar-refractivity contribution in [2.75, 3.05) is 23.7 Å². The van der Waals surface area contributed by atoms with Crippen molar-refractivity contribution in [1.29, 1.82) is 0 Å². The zero-order chi connectivity index (χ0) is 21.7. The molecule has 0 spiro atoms. The number of amides is 1. The number of nitrogens with one attached hydrogen (secondary N) is 2. The second-order valence-corrected chi connectivity index (χ2v) is 9.48. The summed E-state index contributed by atoms with van der Waals surface area (Å²) >= 11 is 3.28. The van der Waals surface area contributed by atoms with Gasteiger partial charge in [0, 0.05) is 42.1 Å². The topological polar surface area (TPSA) is 78.5 Å². The van der Waals surface area contributed by atoms with E-state index < -0.39 is 10.0 Å². The molecule has 0 bridgehead atoms. The number of carbonyl (C=O) groups excluding carboxylic acids is 1. The third kappa shape index (κ3) is 5.61. The molecule has 0 saturated carbocycles. The maximum Gasteiger partial charge on any atom is 0.261 e. The molecular weight excluding hydrogens is 466 g/mol. The molecule has 3 aromatic rings. The summed E-state index contributed by atoms with van der Waals surface area (Å²) in [5, 5.41) is 2.86. The lowest BCUT2D eigenvalue weighted by Crippen LogP contribution is -2.23. The molecule has 0 heterocycles. The fourth-order valence-corrected chi connectivity index (χ4v) is 4.06. The highest BCUT2D eigenvalue weighted by molar-refractivity contribution is 9.10. The highest BCUT2D eigenvalue weighted by Crippen LogP contribution is 2.19. The molecule has 3 aromatic carbocycles. The van der Waals surface area contributed by atoms with Gasteiger partial charge in [-0.3, -0.25) is 9.52 Å². The maximum absolute atomic E-state index is 12.5. The second kappa shape index (κ2) is 9.32. The summed E-state index contributed by atoms with van der Waals surface area (Å²) in [7, 11) is 0.189. The van der Waals surface area contributed by atoms with E-state index in [1.165, 1.54) is 18.2 Å². The van der Waals surface area contributed by atoms with Crippen LogP contribution >= 0.6 is 15.9 Å². The number of sulfonamides is 1. The summed E-state index contributed by atoms with van der Waals surface area (Å²) in [5.41, 5.74) is 2.74. The monoisotopic (exact) mass is 487 g/mol. The van der Waals surface area contributed by atoms with Crippen LogP contribution in [0.3, 0.4) is 0 Å². The van der Waals surface area contributed by atoms with Gasteiger partial charge in [0.25, 0.3) is 15.9 Å². The lowest BCUT2D eigenvalue weighted by Gasteiger charge is -2.13. The van der Waals surface area contributed by atoms with Gasteiger partial charge in [-0.1, -0.05) is 34.1 Å². The number of hydrogen-bond acceptors (Lipinski definition) is 4. The van der Waals surface area contributed by atoms with Gasteiger partial charge in [0.2, 0.25) is 0 Å². The average Bonchev–Trinajstić information content (AvgIpc) is 2.72. The first kappa shape index (κ1) is 21.9. The van der Waals surface area contributed by atoms with Gasteiger partial charge in [-0.25, -0.2) is 8.42 Å². The van der Waals surface area contributed by atoms with Crippen molar-refractivity contribution in [3.8, 4) is 0 Å². The molecule has 0 aliphatic heterocycles. The predicted octanol–water partition coefficient (Wildman–Crippen LogP) is 4.25. The molecule has 156 valence electrons. The fourth-order valence-electron chi connectivity index (χ4n) is 2.75. The summed E-state index contributed by atoms with van der Waals surface area (Å²) in [6.45, 7) is 0.376. The lowest BCUT2D eigenvalue weighted by molar-refractivity contribution is 0.0951. The third-order valence-electron chi connectivity index (χ3n) is 4.41. The first-order chi connectivity index (χ1) is 14.2. The van der Waals surface area contributed by atoms with Gasteiger partial charge in [0.15, 0.2) is 0 Å². The first-order valence-electron chi connectivity index (χ1n) is 9.17. The maximum atomic E-state index is 12.5. The standard InChI is InChI=1S/C22H22BrN3O3S/c1-26(2)20-10-6-16(7-11-20)15-24-22(27)17-4-3-5-19(14-17)25-30(28,29)21-12-8-18(23)9-13-21/h3-14,25H,15H2,1-2H3,(H,24,27). The summed E-state index contributed by atoms with van der Waals surface area (Å²) in [5.74, 6) is -0.281. The molecule has 0 radical (unpaired) electrons. The normalized spacial score (nSPS) is 11.0. The Morgan fingerprint density at radius 3 is 2.27 bits per heavy atom. The summed E-state index contributed by atoms with van der Waals surface area (Å²) in [6, 6.07) is 20.6. The Hall–Kier alpha value is -2.84. The predicted molar refractivity (Wildman–Crippen MR) is 123 cm³/mol. The van der Waals surface area contributed by atoms with Gasteiger partial charge < -0.3 is 10.2 Å². The quantitative estimate of drug-likeness (QED) is 0.522. The number of benzene rings is 3. The van der Waals surface area contributed by atoms with Crippen molar-refractivity contribution in [3.05, 3.63) is 88.4 Å². The van der Waals surface area contributed by atoms with Crippen molar-refractivity contribution in [2.45, 2.75) is 11.4 Å². The van der Waals surface area contributed by atoms with Gasteiger partial charge in [0.05, 0.1) is 4.90 Å². The van der Waals surface area contributed by atoms with Crippen LogP contribution in [0, 0.1) is 0 Å². The van der Waals surface area contributed by atoms with E-state index in [0.717, 1.165) is 15.7 Å². The SMILES string of the molecule is CN(C)c1ccc(CNC(=O)c2cccc(NS(=O)(=O)c3ccc(Br)cc3)c2)cc1. The van der Waals surface area contributed by atoms with Gasteiger partial charge in [-0.2, -0.15) is 0 Å². The number of carbonyl (C=O) groups is 1.